The fraction of sp³-hybridized carbons (Fsp3) is 0.190. The molecule has 3 N–H and O–H groups in total. The topological polar surface area (TPSA) is 93.4 Å². The molecule has 1 saturated heterocycles. The highest BCUT2D eigenvalue weighted by Crippen LogP contribution is 2.22. The average Bonchev–Trinajstić information content (AvgIpc) is 2.70. The van der Waals surface area contributed by atoms with Crippen molar-refractivity contribution in [1.82, 2.24) is 9.97 Å². The van der Waals surface area contributed by atoms with Crippen LogP contribution in [0.15, 0.2) is 60.8 Å². The van der Waals surface area contributed by atoms with Crippen molar-refractivity contribution in [2.75, 3.05) is 23.3 Å². The van der Waals surface area contributed by atoms with Gasteiger partial charge in [-0.05, 0) is 48.0 Å². The Morgan fingerprint density at radius 2 is 2.00 bits per heavy atom. The van der Waals surface area contributed by atoms with Crippen molar-refractivity contribution in [3.05, 3.63) is 77.7 Å². The molecule has 0 bridgehead atoms. The molecule has 2 heterocycles. The fourth-order valence-corrected chi connectivity index (χ4v) is 3.01. The normalized spacial score (nSPS) is 13.6. The Bertz CT molecular complexity index is 1010. The molecule has 8 heteroatoms. The third-order valence-corrected chi connectivity index (χ3v) is 4.58. The predicted octanol–water partition coefficient (Wildman–Crippen LogP) is 2.59. The molecular weight excluding hydrogens is 373 g/mol. The second-order valence-corrected chi connectivity index (χ2v) is 6.76. The van der Waals surface area contributed by atoms with E-state index >= 15 is 0 Å². The van der Waals surface area contributed by atoms with Crippen molar-refractivity contribution >= 4 is 17.7 Å². The minimum atomic E-state index is -0.452. The highest BCUT2D eigenvalue weighted by atomic mass is 19.1. The molecule has 0 radical (unpaired) electrons. The van der Waals surface area contributed by atoms with E-state index in [-0.39, 0.29) is 11.9 Å². The van der Waals surface area contributed by atoms with Gasteiger partial charge in [-0.3, -0.25) is 4.79 Å². The Hall–Kier alpha value is -3.68. The maximum absolute atomic E-state index is 13.0. The standard InChI is InChI=1S/C21H20FN5O2/c22-16-4-6-17(7-5-16)29-18-12-27(13-18)21-24-9-8-19(26-21)25-11-14-2-1-3-15(10-14)20(23)28/h1-10,18H,11-13H2,(H2,23,28)(H,24,25,26). The van der Waals surface area contributed by atoms with Gasteiger partial charge in [0.1, 0.15) is 23.5 Å². The number of ether oxygens (including phenoxy) is 1. The lowest BCUT2D eigenvalue weighted by Crippen LogP contribution is -2.54. The Kier molecular flexibility index (Phi) is 5.24. The number of anilines is 2. The van der Waals surface area contributed by atoms with E-state index in [9.17, 15) is 9.18 Å². The van der Waals surface area contributed by atoms with Gasteiger partial charge in [0, 0.05) is 18.3 Å². The maximum Gasteiger partial charge on any atom is 0.248 e. The number of benzene rings is 2. The predicted molar refractivity (Wildman–Crippen MR) is 107 cm³/mol. The van der Waals surface area contributed by atoms with Gasteiger partial charge < -0.3 is 20.7 Å². The molecule has 0 unspecified atom stereocenters. The Labute approximate surface area is 167 Å². The second-order valence-electron chi connectivity index (χ2n) is 6.76. The lowest BCUT2D eigenvalue weighted by atomic mass is 10.1. The summed E-state index contributed by atoms with van der Waals surface area (Å²) >= 11 is 0. The second kappa shape index (κ2) is 8.14. The van der Waals surface area contributed by atoms with E-state index in [0.29, 0.717) is 42.7 Å². The van der Waals surface area contributed by atoms with Gasteiger partial charge in [0.15, 0.2) is 0 Å². The smallest absolute Gasteiger partial charge is 0.248 e. The summed E-state index contributed by atoms with van der Waals surface area (Å²) < 4.78 is 18.8. The van der Waals surface area contributed by atoms with E-state index in [1.54, 1.807) is 42.6 Å². The van der Waals surface area contributed by atoms with Crippen molar-refractivity contribution in [2.45, 2.75) is 12.6 Å². The number of hydrogen-bond donors (Lipinski definition) is 2. The van der Waals surface area contributed by atoms with E-state index in [1.165, 1.54) is 12.1 Å². The highest BCUT2D eigenvalue weighted by Gasteiger charge is 2.30. The zero-order valence-electron chi connectivity index (χ0n) is 15.6. The SMILES string of the molecule is NC(=O)c1cccc(CNc2ccnc(N3CC(Oc4ccc(F)cc4)C3)n2)c1. The number of amides is 1. The number of halogens is 1. The van der Waals surface area contributed by atoms with Crippen LogP contribution in [0.3, 0.4) is 0 Å². The summed E-state index contributed by atoms with van der Waals surface area (Å²) in [6.45, 7) is 1.82. The zero-order chi connectivity index (χ0) is 20.2. The van der Waals surface area contributed by atoms with Crippen molar-refractivity contribution in [1.29, 1.82) is 0 Å². The molecule has 1 aliphatic heterocycles. The number of carbonyl (C=O) groups excluding carboxylic acids is 1. The van der Waals surface area contributed by atoms with Crippen LogP contribution in [0.4, 0.5) is 16.2 Å². The zero-order valence-corrected chi connectivity index (χ0v) is 15.6. The molecule has 148 valence electrons. The van der Waals surface area contributed by atoms with Crippen LogP contribution >= 0.6 is 0 Å². The summed E-state index contributed by atoms with van der Waals surface area (Å²) in [6.07, 6.45) is 1.70. The van der Waals surface area contributed by atoms with Crippen LogP contribution in [0, 0.1) is 5.82 Å². The number of carbonyl (C=O) groups is 1. The van der Waals surface area contributed by atoms with Crippen LogP contribution < -0.4 is 20.7 Å². The van der Waals surface area contributed by atoms with E-state index in [0.717, 1.165) is 5.56 Å². The molecule has 3 aromatic rings. The first-order valence-electron chi connectivity index (χ1n) is 9.20. The van der Waals surface area contributed by atoms with Crippen molar-refractivity contribution in [3.8, 4) is 5.75 Å². The van der Waals surface area contributed by atoms with Crippen molar-refractivity contribution < 1.29 is 13.9 Å². The summed E-state index contributed by atoms with van der Waals surface area (Å²) in [5.41, 5.74) is 6.72. The van der Waals surface area contributed by atoms with Gasteiger partial charge in [-0.15, -0.1) is 0 Å². The fourth-order valence-electron chi connectivity index (χ4n) is 3.01. The first-order valence-corrected chi connectivity index (χ1v) is 9.20. The summed E-state index contributed by atoms with van der Waals surface area (Å²) in [5.74, 6) is 1.20. The third kappa shape index (κ3) is 4.60. The molecule has 1 aromatic heterocycles. The lowest BCUT2D eigenvalue weighted by Gasteiger charge is -2.38. The number of rotatable bonds is 7. The molecule has 29 heavy (non-hydrogen) atoms. The van der Waals surface area contributed by atoms with E-state index < -0.39 is 5.91 Å². The number of nitrogens with one attached hydrogen (secondary N) is 1. The molecule has 1 fully saturated rings. The molecule has 0 aliphatic carbocycles. The number of primary amides is 1. The lowest BCUT2D eigenvalue weighted by molar-refractivity contribution is 0.1000. The van der Waals surface area contributed by atoms with Crippen LogP contribution in [0.2, 0.25) is 0 Å². The Morgan fingerprint density at radius 3 is 2.76 bits per heavy atom. The number of aromatic nitrogens is 2. The summed E-state index contributed by atoms with van der Waals surface area (Å²) in [5, 5.41) is 3.23. The van der Waals surface area contributed by atoms with E-state index in [4.69, 9.17) is 10.5 Å². The molecule has 0 atom stereocenters. The van der Waals surface area contributed by atoms with E-state index in [2.05, 4.69) is 15.3 Å². The molecule has 0 spiro atoms. The van der Waals surface area contributed by atoms with Gasteiger partial charge in [-0.2, -0.15) is 4.98 Å². The molecule has 7 nitrogen and oxygen atoms in total. The molecule has 1 amide bonds. The van der Waals surface area contributed by atoms with Gasteiger partial charge in [-0.25, -0.2) is 9.37 Å². The number of hydrogen-bond acceptors (Lipinski definition) is 6. The monoisotopic (exact) mass is 393 g/mol. The first kappa shape index (κ1) is 18.7. The Morgan fingerprint density at radius 1 is 1.21 bits per heavy atom. The molecular formula is C21H20FN5O2. The van der Waals surface area contributed by atoms with E-state index in [1.807, 2.05) is 11.0 Å². The molecule has 1 aliphatic rings. The van der Waals surface area contributed by atoms with Gasteiger partial charge >= 0.3 is 0 Å². The molecule has 0 saturated carbocycles. The maximum atomic E-state index is 13.0. The van der Waals surface area contributed by atoms with Crippen LogP contribution in [-0.2, 0) is 6.54 Å². The quantitative estimate of drug-likeness (QED) is 0.641. The van der Waals surface area contributed by atoms with Crippen LogP contribution in [-0.4, -0.2) is 35.1 Å². The van der Waals surface area contributed by atoms with Gasteiger partial charge in [0.2, 0.25) is 11.9 Å². The number of nitrogens with two attached hydrogens (primary N) is 1. The van der Waals surface area contributed by atoms with Crippen molar-refractivity contribution in [2.24, 2.45) is 5.73 Å². The van der Waals surface area contributed by atoms with Crippen LogP contribution in [0.1, 0.15) is 15.9 Å². The number of nitrogens with zero attached hydrogens (tertiary/aromatic N) is 3. The summed E-state index contributed by atoms with van der Waals surface area (Å²) in [6, 6.07) is 14.9. The van der Waals surface area contributed by atoms with Crippen molar-refractivity contribution in [3.63, 3.8) is 0 Å². The summed E-state index contributed by atoms with van der Waals surface area (Å²) in [4.78, 5) is 22.1. The highest BCUT2D eigenvalue weighted by molar-refractivity contribution is 5.92. The first-order chi connectivity index (χ1) is 14.1. The minimum absolute atomic E-state index is 0.0113. The minimum Gasteiger partial charge on any atom is -0.487 e. The summed E-state index contributed by atoms with van der Waals surface area (Å²) in [7, 11) is 0. The van der Waals surface area contributed by atoms with Crippen LogP contribution in [0.5, 0.6) is 5.75 Å². The van der Waals surface area contributed by atoms with Gasteiger partial charge in [0.25, 0.3) is 0 Å². The average molecular weight is 393 g/mol. The van der Waals surface area contributed by atoms with Crippen LogP contribution in [0.25, 0.3) is 0 Å². The largest absolute Gasteiger partial charge is 0.487 e. The van der Waals surface area contributed by atoms with Gasteiger partial charge in [0.05, 0.1) is 13.1 Å². The molecule has 2 aromatic carbocycles. The van der Waals surface area contributed by atoms with Gasteiger partial charge in [-0.1, -0.05) is 12.1 Å². The molecule has 4 rings (SSSR count). The Balaban J connectivity index is 1.32. The third-order valence-electron chi connectivity index (χ3n) is 4.58.